The van der Waals surface area contributed by atoms with Crippen molar-refractivity contribution in [1.82, 2.24) is 9.29 Å². The van der Waals surface area contributed by atoms with E-state index in [4.69, 9.17) is 4.74 Å². The number of hydrogen-bond donors (Lipinski definition) is 1. The fourth-order valence-corrected chi connectivity index (χ4v) is 4.55. The third-order valence-corrected chi connectivity index (χ3v) is 6.50. The van der Waals surface area contributed by atoms with Gasteiger partial charge in [-0.15, -0.1) is 11.3 Å². The van der Waals surface area contributed by atoms with Crippen molar-refractivity contribution in [3.63, 3.8) is 0 Å². The predicted octanol–water partition coefficient (Wildman–Crippen LogP) is 2.18. The van der Waals surface area contributed by atoms with Gasteiger partial charge in [-0.25, -0.2) is 13.4 Å². The number of benzene rings is 1. The van der Waals surface area contributed by atoms with Gasteiger partial charge in [-0.2, -0.15) is 4.31 Å². The zero-order chi connectivity index (χ0) is 17.9. The predicted molar refractivity (Wildman–Crippen MR) is 96.0 cm³/mol. The van der Waals surface area contributed by atoms with Crippen molar-refractivity contribution in [1.29, 1.82) is 0 Å². The van der Waals surface area contributed by atoms with Crippen molar-refractivity contribution in [2.45, 2.75) is 18.2 Å². The van der Waals surface area contributed by atoms with Gasteiger partial charge in [0, 0.05) is 30.5 Å². The summed E-state index contributed by atoms with van der Waals surface area (Å²) in [6.07, 6.45) is 0.392. The molecule has 1 amide bonds. The number of ether oxygens (including phenoxy) is 1. The quantitative estimate of drug-likeness (QED) is 0.858. The minimum absolute atomic E-state index is 0.0900. The molecule has 134 valence electrons. The maximum absolute atomic E-state index is 12.6. The van der Waals surface area contributed by atoms with E-state index in [-0.39, 0.29) is 10.8 Å². The molecule has 0 saturated carbocycles. The highest BCUT2D eigenvalue weighted by Gasteiger charge is 2.26. The number of hydrogen-bond acceptors (Lipinski definition) is 6. The Morgan fingerprint density at radius 2 is 1.96 bits per heavy atom. The summed E-state index contributed by atoms with van der Waals surface area (Å²) < 4.78 is 31.8. The van der Waals surface area contributed by atoms with Gasteiger partial charge in [-0.05, 0) is 12.1 Å². The van der Waals surface area contributed by atoms with Gasteiger partial charge in [-0.1, -0.05) is 19.1 Å². The van der Waals surface area contributed by atoms with Crippen molar-refractivity contribution in [3.05, 3.63) is 29.6 Å². The van der Waals surface area contributed by atoms with Crippen LogP contribution in [0.5, 0.6) is 0 Å². The molecule has 1 aliphatic rings. The first kappa shape index (κ1) is 18.0. The monoisotopic (exact) mass is 381 g/mol. The normalized spacial score (nSPS) is 15.9. The maximum Gasteiger partial charge on any atom is 0.243 e. The lowest BCUT2D eigenvalue weighted by atomic mass is 10.2. The van der Waals surface area contributed by atoms with E-state index in [2.05, 4.69) is 10.3 Å². The summed E-state index contributed by atoms with van der Waals surface area (Å²) in [6.45, 7) is 3.36. The van der Waals surface area contributed by atoms with Crippen LogP contribution < -0.4 is 5.32 Å². The third kappa shape index (κ3) is 4.06. The molecule has 0 bridgehead atoms. The molecule has 1 aromatic heterocycles. The van der Waals surface area contributed by atoms with E-state index in [0.29, 0.717) is 43.5 Å². The summed E-state index contributed by atoms with van der Waals surface area (Å²) in [5, 5.41) is 5.08. The van der Waals surface area contributed by atoms with Crippen molar-refractivity contribution in [3.8, 4) is 11.3 Å². The molecule has 0 radical (unpaired) electrons. The van der Waals surface area contributed by atoms with E-state index in [1.807, 2.05) is 5.38 Å². The van der Waals surface area contributed by atoms with Crippen LogP contribution in [0.2, 0.25) is 0 Å². The molecule has 1 aromatic carbocycles. The molecular weight excluding hydrogens is 362 g/mol. The second kappa shape index (κ2) is 7.61. The Labute approximate surface area is 150 Å². The summed E-state index contributed by atoms with van der Waals surface area (Å²) in [4.78, 5) is 16.0. The van der Waals surface area contributed by atoms with Gasteiger partial charge in [0.05, 0.1) is 23.8 Å². The molecule has 0 spiro atoms. The molecule has 1 N–H and O–H groups in total. The van der Waals surface area contributed by atoms with Gasteiger partial charge < -0.3 is 10.1 Å². The molecule has 0 unspecified atom stereocenters. The zero-order valence-corrected chi connectivity index (χ0v) is 15.4. The number of amides is 1. The summed E-state index contributed by atoms with van der Waals surface area (Å²) in [6, 6.07) is 6.63. The molecule has 9 heteroatoms. The molecule has 3 rings (SSSR count). The summed E-state index contributed by atoms with van der Waals surface area (Å²) in [7, 11) is -3.50. The number of nitrogens with one attached hydrogen (secondary N) is 1. The van der Waals surface area contributed by atoms with Crippen LogP contribution in [0.25, 0.3) is 11.3 Å². The van der Waals surface area contributed by atoms with E-state index < -0.39 is 10.0 Å². The molecule has 0 aliphatic carbocycles. The summed E-state index contributed by atoms with van der Waals surface area (Å²) in [5.41, 5.74) is 1.50. The number of anilines is 1. The van der Waals surface area contributed by atoms with E-state index >= 15 is 0 Å². The van der Waals surface area contributed by atoms with Crippen molar-refractivity contribution in [2.75, 3.05) is 31.6 Å². The van der Waals surface area contributed by atoms with E-state index in [1.165, 1.54) is 15.6 Å². The number of carbonyl (C=O) groups is 1. The minimum atomic E-state index is -3.50. The molecule has 2 heterocycles. The van der Waals surface area contributed by atoms with Crippen LogP contribution in [-0.2, 0) is 19.6 Å². The highest BCUT2D eigenvalue weighted by Crippen LogP contribution is 2.27. The van der Waals surface area contributed by atoms with E-state index in [0.717, 1.165) is 5.56 Å². The fraction of sp³-hybridized carbons (Fsp3) is 0.375. The summed E-state index contributed by atoms with van der Waals surface area (Å²) >= 11 is 1.34. The highest BCUT2D eigenvalue weighted by atomic mass is 32.2. The number of morpholine rings is 1. The lowest BCUT2D eigenvalue weighted by molar-refractivity contribution is -0.115. The van der Waals surface area contributed by atoms with Crippen molar-refractivity contribution in [2.24, 2.45) is 0 Å². The lowest BCUT2D eigenvalue weighted by Gasteiger charge is -2.26. The van der Waals surface area contributed by atoms with E-state index in [9.17, 15) is 13.2 Å². The highest BCUT2D eigenvalue weighted by molar-refractivity contribution is 7.89. The van der Waals surface area contributed by atoms with Gasteiger partial charge in [0.15, 0.2) is 5.13 Å². The Kier molecular flexibility index (Phi) is 5.48. The smallest absolute Gasteiger partial charge is 0.243 e. The molecule has 1 aliphatic heterocycles. The maximum atomic E-state index is 12.6. The Morgan fingerprint density at radius 3 is 2.60 bits per heavy atom. The van der Waals surface area contributed by atoms with Gasteiger partial charge in [0.2, 0.25) is 15.9 Å². The summed E-state index contributed by atoms with van der Waals surface area (Å²) in [5.74, 6) is -0.0900. The van der Waals surface area contributed by atoms with Crippen molar-refractivity contribution < 1.29 is 17.9 Å². The van der Waals surface area contributed by atoms with Gasteiger partial charge in [-0.3, -0.25) is 4.79 Å². The van der Waals surface area contributed by atoms with Crippen LogP contribution in [0.15, 0.2) is 34.5 Å². The van der Waals surface area contributed by atoms with Crippen molar-refractivity contribution >= 4 is 32.4 Å². The molecule has 25 heavy (non-hydrogen) atoms. The first-order valence-electron chi connectivity index (χ1n) is 7.94. The first-order chi connectivity index (χ1) is 12.0. The van der Waals surface area contributed by atoms with Crippen LogP contribution >= 0.6 is 11.3 Å². The van der Waals surface area contributed by atoms with Gasteiger partial charge >= 0.3 is 0 Å². The van der Waals surface area contributed by atoms with Crippen LogP contribution in [0.1, 0.15) is 13.3 Å². The molecule has 2 aromatic rings. The Morgan fingerprint density at radius 1 is 1.28 bits per heavy atom. The molecular formula is C16H19N3O4S2. The molecule has 1 saturated heterocycles. The first-order valence-corrected chi connectivity index (χ1v) is 10.3. The number of thiazole rings is 1. The number of sulfonamides is 1. The lowest BCUT2D eigenvalue weighted by Crippen LogP contribution is -2.40. The van der Waals surface area contributed by atoms with Gasteiger partial charge in [0.25, 0.3) is 0 Å². The third-order valence-electron chi connectivity index (χ3n) is 3.83. The number of rotatable bonds is 5. The van der Waals surface area contributed by atoms with E-state index in [1.54, 1.807) is 31.2 Å². The number of aromatic nitrogens is 1. The minimum Gasteiger partial charge on any atom is -0.379 e. The average Bonchev–Trinajstić information content (AvgIpc) is 3.11. The second-order valence-corrected chi connectivity index (χ2v) is 8.28. The number of nitrogens with zero attached hydrogens (tertiary/aromatic N) is 2. The zero-order valence-electron chi connectivity index (χ0n) is 13.8. The Balaban J connectivity index is 1.77. The average molecular weight is 381 g/mol. The molecule has 0 atom stereocenters. The fourth-order valence-electron chi connectivity index (χ4n) is 2.41. The van der Waals surface area contributed by atoms with Crippen LogP contribution in [0.3, 0.4) is 0 Å². The van der Waals surface area contributed by atoms with Crippen LogP contribution in [0.4, 0.5) is 5.13 Å². The van der Waals surface area contributed by atoms with Crippen LogP contribution in [0, 0.1) is 0 Å². The largest absolute Gasteiger partial charge is 0.379 e. The Bertz CT molecular complexity index is 841. The number of carbonyl (C=O) groups excluding carboxylic acids is 1. The standard InChI is InChI=1S/C16H19N3O4S2/c1-2-15(20)18-16-17-14(11-24-16)12-3-5-13(6-4-12)25(21,22)19-7-9-23-10-8-19/h3-6,11H,2,7-10H2,1H3,(H,17,18,20). The second-order valence-electron chi connectivity index (χ2n) is 5.48. The Hall–Kier alpha value is -1.81. The molecule has 7 nitrogen and oxygen atoms in total. The van der Waals surface area contributed by atoms with Gasteiger partial charge in [0.1, 0.15) is 0 Å². The topological polar surface area (TPSA) is 88.6 Å². The van der Waals surface area contributed by atoms with Crippen LogP contribution in [-0.4, -0.2) is 49.9 Å². The SMILES string of the molecule is CCC(=O)Nc1nc(-c2ccc(S(=O)(=O)N3CCOCC3)cc2)cs1. The molecule has 1 fully saturated rings.